The minimum absolute atomic E-state index is 0.130. The van der Waals surface area contributed by atoms with Crippen molar-refractivity contribution >= 4 is 5.78 Å². The highest BCUT2D eigenvalue weighted by molar-refractivity contribution is 5.89. The summed E-state index contributed by atoms with van der Waals surface area (Å²) < 4.78 is 0. The Labute approximate surface area is 49.1 Å². The summed E-state index contributed by atoms with van der Waals surface area (Å²) in [6.45, 7) is 3.56. The maximum absolute atomic E-state index is 10.6. The van der Waals surface area contributed by atoms with Crippen molar-refractivity contribution < 1.29 is 4.79 Å². The van der Waals surface area contributed by atoms with Gasteiger partial charge in [-0.05, 0) is 19.3 Å². The molecule has 0 spiro atoms. The lowest BCUT2D eigenvalue weighted by Crippen LogP contribution is -2.32. The highest BCUT2D eigenvalue weighted by atomic mass is 16.1. The van der Waals surface area contributed by atoms with Crippen molar-refractivity contribution in [2.24, 2.45) is 11.7 Å². The molecule has 2 nitrogen and oxygen atoms in total. The van der Waals surface area contributed by atoms with E-state index < -0.39 is 5.54 Å². The Morgan fingerprint density at radius 2 is 2.25 bits per heavy atom. The predicted octanol–water partition coefficient (Wildman–Crippen LogP) is 0.313. The van der Waals surface area contributed by atoms with Crippen LogP contribution < -0.4 is 5.73 Å². The number of hydrogen-bond acceptors (Lipinski definition) is 2. The van der Waals surface area contributed by atoms with E-state index in [4.69, 9.17) is 5.73 Å². The third-order valence-electron chi connectivity index (χ3n) is 2.02. The van der Waals surface area contributed by atoms with Crippen LogP contribution in [0.4, 0.5) is 0 Å². The number of hydrogen-bond donors (Lipinski definition) is 1. The molecular formula is C6H11NO. The Bertz CT molecular complexity index is 132. The second kappa shape index (κ2) is 1.32. The third-order valence-corrected chi connectivity index (χ3v) is 2.02. The zero-order valence-electron chi connectivity index (χ0n) is 5.27. The number of carbonyl (C=O) groups excluding carboxylic acids is 1. The van der Waals surface area contributed by atoms with E-state index in [0.29, 0.717) is 5.92 Å². The molecule has 1 saturated carbocycles. The van der Waals surface area contributed by atoms with E-state index in [-0.39, 0.29) is 5.78 Å². The first-order valence-corrected chi connectivity index (χ1v) is 2.87. The van der Waals surface area contributed by atoms with Gasteiger partial charge in [0.15, 0.2) is 0 Å². The van der Waals surface area contributed by atoms with E-state index in [9.17, 15) is 4.79 Å². The fraction of sp³-hybridized carbons (Fsp3) is 0.833. The van der Waals surface area contributed by atoms with Crippen LogP contribution in [0.25, 0.3) is 0 Å². The summed E-state index contributed by atoms with van der Waals surface area (Å²) in [6.07, 6.45) is 0.877. The van der Waals surface area contributed by atoms with E-state index >= 15 is 0 Å². The zero-order chi connectivity index (χ0) is 6.36. The van der Waals surface area contributed by atoms with Crippen LogP contribution in [-0.4, -0.2) is 11.3 Å². The first kappa shape index (κ1) is 5.76. The number of carbonyl (C=O) groups is 1. The van der Waals surface area contributed by atoms with E-state index in [1.54, 1.807) is 6.92 Å². The molecule has 2 N–H and O–H groups in total. The average molecular weight is 113 g/mol. The van der Waals surface area contributed by atoms with Gasteiger partial charge in [0, 0.05) is 0 Å². The highest BCUT2D eigenvalue weighted by Crippen LogP contribution is 2.40. The number of ketones is 1. The second-order valence-corrected chi connectivity index (χ2v) is 2.70. The number of Topliss-reactive ketones (excluding diaryl/α,β-unsaturated/α-hetero) is 1. The van der Waals surface area contributed by atoms with Gasteiger partial charge in [-0.15, -0.1) is 0 Å². The molecule has 2 heteroatoms. The zero-order valence-corrected chi connectivity index (χ0v) is 5.27. The molecule has 0 bridgehead atoms. The number of rotatable bonds is 1. The van der Waals surface area contributed by atoms with E-state index in [1.807, 2.05) is 6.92 Å². The van der Waals surface area contributed by atoms with E-state index in [1.165, 1.54) is 0 Å². The van der Waals surface area contributed by atoms with Gasteiger partial charge in [0.25, 0.3) is 0 Å². The van der Waals surface area contributed by atoms with Crippen LogP contribution >= 0.6 is 0 Å². The molecule has 8 heavy (non-hydrogen) atoms. The molecule has 46 valence electrons. The van der Waals surface area contributed by atoms with Crippen molar-refractivity contribution in [1.29, 1.82) is 0 Å². The standard InChI is InChI=1S/C6H11NO/c1-4-3-6(4,7)5(2)8/h4H,3,7H2,1-2H3/t4-,6+/m0/s1. The van der Waals surface area contributed by atoms with Crippen LogP contribution in [0.15, 0.2) is 0 Å². The SMILES string of the molecule is CC(=O)[C@@]1(N)C[C@@H]1C. The lowest BCUT2D eigenvalue weighted by Gasteiger charge is -2.00. The minimum atomic E-state index is -0.431. The maximum atomic E-state index is 10.6. The molecule has 0 aromatic carbocycles. The third kappa shape index (κ3) is 0.564. The first-order chi connectivity index (χ1) is 3.57. The van der Waals surface area contributed by atoms with Crippen molar-refractivity contribution in [2.75, 3.05) is 0 Å². The van der Waals surface area contributed by atoms with Gasteiger partial charge < -0.3 is 5.73 Å². The minimum Gasteiger partial charge on any atom is -0.319 e. The molecule has 0 unspecified atom stereocenters. The Morgan fingerprint density at radius 3 is 2.25 bits per heavy atom. The van der Waals surface area contributed by atoms with Gasteiger partial charge in [-0.2, -0.15) is 0 Å². The molecule has 0 aromatic heterocycles. The van der Waals surface area contributed by atoms with Gasteiger partial charge in [-0.1, -0.05) is 6.92 Å². The highest BCUT2D eigenvalue weighted by Gasteiger charge is 2.51. The van der Waals surface area contributed by atoms with Crippen molar-refractivity contribution in [3.8, 4) is 0 Å². The molecule has 2 atom stereocenters. The molecule has 0 aromatic rings. The molecule has 1 aliphatic rings. The second-order valence-electron chi connectivity index (χ2n) is 2.70. The Balaban J connectivity index is 2.60. The van der Waals surface area contributed by atoms with Crippen molar-refractivity contribution in [3.05, 3.63) is 0 Å². The van der Waals surface area contributed by atoms with Crippen LogP contribution in [0.5, 0.6) is 0 Å². The van der Waals surface area contributed by atoms with Gasteiger partial charge in [-0.3, -0.25) is 4.79 Å². The smallest absolute Gasteiger partial charge is 0.149 e. The Hall–Kier alpha value is -0.370. The quantitative estimate of drug-likeness (QED) is 0.532. The van der Waals surface area contributed by atoms with Gasteiger partial charge in [0.2, 0.25) is 0 Å². The monoisotopic (exact) mass is 113 g/mol. The molecule has 0 heterocycles. The van der Waals surface area contributed by atoms with Gasteiger partial charge in [0.05, 0.1) is 5.54 Å². The lowest BCUT2D eigenvalue weighted by molar-refractivity contribution is -0.119. The average Bonchev–Trinajstić information content (AvgIpc) is 2.17. The summed E-state index contributed by atoms with van der Waals surface area (Å²) in [7, 11) is 0. The molecule has 0 aliphatic heterocycles. The molecule has 1 fully saturated rings. The number of nitrogens with two attached hydrogens (primary N) is 1. The summed E-state index contributed by atoms with van der Waals surface area (Å²) in [5.74, 6) is 0.546. The van der Waals surface area contributed by atoms with Crippen molar-refractivity contribution in [2.45, 2.75) is 25.8 Å². The first-order valence-electron chi connectivity index (χ1n) is 2.87. The Kier molecular flexibility index (Phi) is 0.949. The van der Waals surface area contributed by atoms with Crippen LogP contribution in [0.2, 0.25) is 0 Å². The van der Waals surface area contributed by atoms with E-state index in [2.05, 4.69) is 0 Å². The molecular weight excluding hydrogens is 102 g/mol. The fourth-order valence-electron chi connectivity index (χ4n) is 0.938. The lowest BCUT2D eigenvalue weighted by atomic mass is 10.1. The molecule has 1 rings (SSSR count). The van der Waals surface area contributed by atoms with Crippen LogP contribution in [0.1, 0.15) is 20.3 Å². The molecule has 0 amide bonds. The van der Waals surface area contributed by atoms with E-state index in [0.717, 1.165) is 6.42 Å². The van der Waals surface area contributed by atoms with Crippen molar-refractivity contribution in [3.63, 3.8) is 0 Å². The summed E-state index contributed by atoms with van der Waals surface area (Å²) in [5, 5.41) is 0. The van der Waals surface area contributed by atoms with Gasteiger partial charge in [-0.25, -0.2) is 0 Å². The van der Waals surface area contributed by atoms with Crippen LogP contribution in [0, 0.1) is 5.92 Å². The topological polar surface area (TPSA) is 43.1 Å². The summed E-state index contributed by atoms with van der Waals surface area (Å²) in [6, 6.07) is 0. The molecule has 1 aliphatic carbocycles. The molecule has 0 radical (unpaired) electrons. The molecule has 0 saturated heterocycles. The van der Waals surface area contributed by atoms with Crippen molar-refractivity contribution in [1.82, 2.24) is 0 Å². The van der Waals surface area contributed by atoms with Gasteiger partial charge in [0.1, 0.15) is 5.78 Å². The van der Waals surface area contributed by atoms with Gasteiger partial charge >= 0.3 is 0 Å². The largest absolute Gasteiger partial charge is 0.319 e. The Morgan fingerprint density at radius 1 is 1.88 bits per heavy atom. The van der Waals surface area contributed by atoms with Crippen LogP contribution in [-0.2, 0) is 4.79 Å². The summed E-state index contributed by atoms with van der Waals surface area (Å²) in [5.41, 5.74) is 5.15. The maximum Gasteiger partial charge on any atom is 0.149 e. The fourth-order valence-corrected chi connectivity index (χ4v) is 0.938. The van der Waals surface area contributed by atoms with Crippen LogP contribution in [0.3, 0.4) is 0 Å². The summed E-state index contributed by atoms with van der Waals surface area (Å²) in [4.78, 5) is 10.6. The predicted molar refractivity (Wildman–Crippen MR) is 31.4 cm³/mol. The normalized spacial score (nSPS) is 44.1. The summed E-state index contributed by atoms with van der Waals surface area (Å²) >= 11 is 0.